The van der Waals surface area contributed by atoms with Crippen LogP contribution in [-0.4, -0.2) is 19.4 Å². The third kappa shape index (κ3) is 4.30. The second-order valence-electron chi connectivity index (χ2n) is 4.59. The van der Waals surface area contributed by atoms with E-state index in [9.17, 15) is 4.79 Å². The average molecular weight is 276 g/mol. The third-order valence-electron chi connectivity index (χ3n) is 3.06. The lowest BCUT2D eigenvalue weighted by Crippen LogP contribution is -1.98. The Morgan fingerprint density at radius 2 is 2.15 bits per heavy atom. The number of fused-ring (bicyclic) bond motifs is 1. The molecule has 0 saturated heterocycles. The lowest BCUT2D eigenvalue weighted by molar-refractivity contribution is -0.137. The maximum Gasteiger partial charge on any atom is 0.330 e. The van der Waals surface area contributed by atoms with Gasteiger partial charge in [-0.3, -0.25) is 0 Å². The molecule has 4 heteroatoms. The van der Waals surface area contributed by atoms with Gasteiger partial charge in [-0.2, -0.15) is 0 Å². The fraction of sp³-hybridized carbons (Fsp3) is 0.438. The van der Waals surface area contributed by atoms with Crippen molar-refractivity contribution >= 4 is 5.97 Å². The van der Waals surface area contributed by atoms with E-state index < -0.39 is 0 Å². The summed E-state index contributed by atoms with van der Waals surface area (Å²) in [6.45, 7) is 2.54. The van der Waals surface area contributed by atoms with E-state index in [0.717, 1.165) is 37.2 Å². The Bertz CT molecular complexity index is 479. The monoisotopic (exact) mass is 276 g/mol. The summed E-state index contributed by atoms with van der Waals surface area (Å²) in [5.41, 5.74) is 1.25. The van der Waals surface area contributed by atoms with Crippen LogP contribution in [-0.2, 0) is 16.0 Å². The van der Waals surface area contributed by atoms with E-state index in [0.29, 0.717) is 13.4 Å². The summed E-state index contributed by atoms with van der Waals surface area (Å²) in [7, 11) is 0. The minimum Gasteiger partial charge on any atom is -0.463 e. The standard InChI is InChI=1S/C16H20O4/c1-2-18-16(17)8-6-4-3-5-7-13-9-10-14-15(11-13)20-12-19-14/h6,8-11H,2-5,7,12H2,1H3/b8-6+. The molecule has 0 bridgehead atoms. The molecule has 0 unspecified atom stereocenters. The van der Waals surface area contributed by atoms with Gasteiger partial charge in [0.05, 0.1) is 6.61 Å². The molecule has 0 amide bonds. The Kier molecular flexibility index (Phi) is 5.47. The van der Waals surface area contributed by atoms with E-state index >= 15 is 0 Å². The first-order chi connectivity index (χ1) is 9.79. The molecule has 0 saturated carbocycles. The van der Waals surface area contributed by atoms with E-state index in [4.69, 9.17) is 14.2 Å². The van der Waals surface area contributed by atoms with Crippen molar-refractivity contribution in [3.05, 3.63) is 35.9 Å². The van der Waals surface area contributed by atoms with Gasteiger partial charge in [-0.15, -0.1) is 0 Å². The number of esters is 1. The highest BCUT2D eigenvalue weighted by atomic mass is 16.7. The molecule has 1 aromatic rings. The van der Waals surface area contributed by atoms with Crippen molar-refractivity contribution < 1.29 is 19.0 Å². The predicted octanol–water partition coefficient (Wildman–Crippen LogP) is 3.25. The van der Waals surface area contributed by atoms with Gasteiger partial charge in [-0.05, 0) is 50.3 Å². The summed E-state index contributed by atoms with van der Waals surface area (Å²) >= 11 is 0. The van der Waals surface area contributed by atoms with Crippen LogP contribution in [0, 0.1) is 0 Å². The summed E-state index contributed by atoms with van der Waals surface area (Å²) < 4.78 is 15.4. The van der Waals surface area contributed by atoms with E-state index in [-0.39, 0.29) is 5.97 Å². The summed E-state index contributed by atoms with van der Waals surface area (Å²) in [5.74, 6) is 1.40. The van der Waals surface area contributed by atoms with Crippen LogP contribution in [0.4, 0.5) is 0 Å². The second kappa shape index (κ2) is 7.58. The summed E-state index contributed by atoms with van der Waals surface area (Å²) in [4.78, 5) is 11.1. The molecule has 0 spiro atoms. The Morgan fingerprint density at radius 1 is 1.30 bits per heavy atom. The number of benzene rings is 1. The van der Waals surface area contributed by atoms with Crippen molar-refractivity contribution in [1.82, 2.24) is 0 Å². The van der Waals surface area contributed by atoms with Gasteiger partial charge < -0.3 is 14.2 Å². The molecule has 108 valence electrons. The number of carbonyl (C=O) groups excluding carboxylic acids is 1. The van der Waals surface area contributed by atoms with Gasteiger partial charge >= 0.3 is 5.97 Å². The number of unbranched alkanes of at least 4 members (excludes halogenated alkanes) is 2. The van der Waals surface area contributed by atoms with Gasteiger partial charge in [0.25, 0.3) is 0 Å². The number of allylic oxidation sites excluding steroid dienone is 1. The van der Waals surface area contributed by atoms with E-state index in [1.807, 2.05) is 18.2 Å². The highest BCUT2D eigenvalue weighted by molar-refractivity contribution is 5.81. The first-order valence-corrected chi connectivity index (χ1v) is 7.01. The second-order valence-corrected chi connectivity index (χ2v) is 4.59. The van der Waals surface area contributed by atoms with Gasteiger partial charge in [0.15, 0.2) is 11.5 Å². The summed E-state index contributed by atoms with van der Waals surface area (Å²) in [5, 5.41) is 0. The zero-order valence-electron chi connectivity index (χ0n) is 11.8. The molecule has 1 aliphatic rings. The zero-order chi connectivity index (χ0) is 14.2. The van der Waals surface area contributed by atoms with Crippen molar-refractivity contribution in [2.45, 2.75) is 32.6 Å². The smallest absolute Gasteiger partial charge is 0.330 e. The van der Waals surface area contributed by atoms with Crippen LogP contribution in [0.25, 0.3) is 0 Å². The maximum absolute atomic E-state index is 11.1. The number of hydrogen-bond acceptors (Lipinski definition) is 4. The van der Waals surface area contributed by atoms with Gasteiger partial charge in [0.2, 0.25) is 6.79 Å². The predicted molar refractivity (Wildman–Crippen MR) is 75.9 cm³/mol. The molecule has 20 heavy (non-hydrogen) atoms. The molecule has 1 aliphatic heterocycles. The molecular weight excluding hydrogens is 256 g/mol. The van der Waals surface area contributed by atoms with Gasteiger partial charge in [-0.25, -0.2) is 4.79 Å². The number of rotatable bonds is 7. The molecule has 0 atom stereocenters. The van der Waals surface area contributed by atoms with Crippen LogP contribution < -0.4 is 9.47 Å². The van der Waals surface area contributed by atoms with Gasteiger partial charge in [0.1, 0.15) is 0 Å². The number of hydrogen-bond donors (Lipinski definition) is 0. The molecule has 0 radical (unpaired) electrons. The van der Waals surface area contributed by atoms with Crippen LogP contribution in [0.15, 0.2) is 30.4 Å². The lowest BCUT2D eigenvalue weighted by atomic mass is 10.1. The quantitative estimate of drug-likeness (QED) is 0.435. The van der Waals surface area contributed by atoms with Crippen LogP contribution in [0.3, 0.4) is 0 Å². The fourth-order valence-electron chi connectivity index (χ4n) is 2.06. The first kappa shape index (κ1) is 14.4. The Balaban J connectivity index is 1.65. The van der Waals surface area contributed by atoms with Crippen LogP contribution in [0.1, 0.15) is 31.7 Å². The van der Waals surface area contributed by atoms with Crippen molar-refractivity contribution in [1.29, 1.82) is 0 Å². The summed E-state index contributed by atoms with van der Waals surface area (Å²) in [6.07, 6.45) is 7.39. The lowest BCUT2D eigenvalue weighted by Gasteiger charge is -2.02. The molecule has 0 fully saturated rings. The van der Waals surface area contributed by atoms with Gasteiger partial charge in [0, 0.05) is 6.08 Å². The number of ether oxygens (including phenoxy) is 3. The minimum absolute atomic E-state index is 0.261. The molecule has 0 aliphatic carbocycles. The topological polar surface area (TPSA) is 44.8 Å². The molecule has 2 rings (SSSR count). The zero-order valence-corrected chi connectivity index (χ0v) is 11.8. The minimum atomic E-state index is -0.261. The van der Waals surface area contributed by atoms with E-state index in [1.54, 1.807) is 6.92 Å². The molecule has 4 nitrogen and oxygen atoms in total. The molecule has 1 heterocycles. The normalized spacial score (nSPS) is 12.8. The molecular formula is C16H20O4. The van der Waals surface area contributed by atoms with Crippen molar-refractivity contribution in [2.75, 3.05) is 13.4 Å². The number of carbonyl (C=O) groups is 1. The maximum atomic E-state index is 11.1. The van der Waals surface area contributed by atoms with Crippen molar-refractivity contribution in [3.8, 4) is 11.5 Å². The Morgan fingerprint density at radius 3 is 3.00 bits per heavy atom. The molecule has 0 aromatic heterocycles. The van der Waals surface area contributed by atoms with E-state index in [2.05, 4.69) is 6.07 Å². The SMILES string of the molecule is CCOC(=O)/C=C/CCCCc1ccc2c(c1)OCO2. The van der Waals surface area contributed by atoms with Crippen molar-refractivity contribution in [3.63, 3.8) is 0 Å². The summed E-state index contributed by atoms with van der Waals surface area (Å²) in [6, 6.07) is 6.07. The van der Waals surface area contributed by atoms with Crippen LogP contribution in [0.2, 0.25) is 0 Å². The third-order valence-corrected chi connectivity index (χ3v) is 3.06. The van der Waals surface area contributed by atoms with E-state index in [1.165, 1.54) is 11.6 Å². The van der Waals surface area contributed by atoms with Gasteiger partial charge in [-0.1, -0.05) is 12.1 Å². The Labute approximate surface area is 119 Å². The van der Waals surface area contributed by atoms with Crippen molar-refractivity contribution in [2.24, 2.45) is 0 Å². The highest BCUT2D eigenvalue weighted by Gasteiger charge is 2.12. The molecule has 0 N–H and O–H groups in total. The largest absolute Gasteiger partial charge is 0.463 e. The number of aryl methyl sites for hydroxylation is 1. The highest BCUT2D eigenvalue weighted by Crippen LogP contribution is 2.32. The molecule has 1 aromatic carbocycles. The Hall–Kier alpha value is -1.97. The van der Waals surface area contributed by atoms with Crippen LogP contribution >= 0.6 is 0 Å². The first-order valence-electron chi connectivity index (χ1n) is 7.01. The fourth-order valence-corrected chi connectivity index (χ4v) is 2.06. The van der Waals surface area contributed by atoms with Crippen LogP contribution in [0.5, 0.6) is 11.5 Å². The average Bonchev–Trinajstić information content (AvgIpc) is 2.90.